The summed E-state index contributed by atoms with van der Waals surface area (Å²) in [6.07, 6.45) is -6.35. The van der Waals surface area contributed by atoms with E-state index in [9.17, 15) is 32.7 Å². The predicted octanol–water partition coefficient (Wildman–Crippen LogP) is 3.14. The first-order valence-electron chi connectivity index (χ1n) is 10.4. The predicted molar refractivity (Wildman–Crippen MR) is 115 cm³/mol. The van der Waals surface area contributed by atoms with Crippen molar-refractivity contribution in [2.45, 2.75) is 44.0 Å². The number of hydrogen-bond donors (Lipinski definition) is 3. The fourth-order valence-corrected chi connectivity index (χ4v) is 3.99. The lowest BCUT2D eigenvalue weighted by Crippen LogP contribution is -2.59. The lowest BCUT2D eigenvalue weighted by molar-refractivity contribution is -0.168. The second kappa shape index (κ2) is 9.22. The number of aliphatic hydroxyl groups is 1. The molecule has 1 heterocycles. The standard InChI is InChI=1S/C23H24F3N3O4/c1-2-11-22(33,20(27)31)21(32)29(13-12-23(24,25)26)18-16-9-4-3-7-14(16)15-8-5-6-10-17(15)28-19(18)30/h3-10,18,33H,2,11-13H2,1H3,(H2,27,31)(H,28,30)/t18-,22+/m0/s1. The molecule has 0 saturated carbocycles. The van der Waals surface area contributed by atoms with E-state index in [0.717, 1.165) is 0 Å². The third-order valence-electron chi connectivity index (χ3n) is 5.56. The lowest BCUT2D eigenvalue weighted by Gasteiger charge is -2.36. The molecule has 0 aliphatic carbocycles. The van der Waals surface area contributed by atoms with Gasteiger partial charge in [0.25, 0.3) is 17.7 Å². The van der Waals surface area contributed by atoms with Crippen LogP contribution in [-0.2, 0) is 14.4 Å². The number of rotatable bonds is 7. The van der Waals surface area contributed by atoms with Gasteiger partial charge in [0.05, 0.1) is 6.42 Å². The van der Waals surface area contributed by atoms with E-state index in [2.05, 4.69) is 5.32 Å². The first-order valence-corrected chi connectivity index (χ1v) is 10.4. The van der Waals surface area contributed by atoms with Gasteiger partial charge in [-0.25, -0.2) is 0 Å². The summed E-state index contributed by atoms with van der Waals surface area (Å²) in [7, 11) is 0. The fourth-order valence-electron chi connectivity index (χ4n) is 3.99. The zero-order valence-electron chi connectivity index (χ0n) is 17.9. The number of nitrogens with two attached hydrogens (primary N) is 1. The summed E-state index contributed by atoms with van der Waals surface area (Å²) in [5, 5.41) is 13.4. The second-order valence-electron chi connectivity index (χ2n) is 7.86. The smallest absolute Gasteiger partial charge is 0.372 e. The zero-order valence-corrected chi connectivity index (χ0v) is 17.9. The van der Waals surface area contributed by atoms with Gasteiger partial charge in [0.1, 0.15) is 6.04 Å². The molecular formula is C23H24F3N3O4. The Morgan fingerprint density at radius 2 is 1.67 bits per heavy atom. The van der Waals surface area contributed by atoms with Crippen molar-refractivity contribution in [1.29, 1.82) is 0 Å². The number of alkyl halides is 3. The van der Waals surface area contributed by atoms with E-state index in [4.69, 9.17) is 5.73 Å². The number of para-hydroxylation sites is 1. The first kappa shape index (κ1) is 24.2. The minimum atomic E-state index is -4.65. The van der Waals surface area contributed by atoms with Gasteiger partial charge in [0, 0.05) is 17.8 Å². The average Bonchev–Trinajstić information content (AvgIpc) is 2.87. The quantitative estimate of drug-likeness (QED) is 0.548. The van der Waals surface area contributed by atoms with Crippen LogP contribution in [0.3, 0.4) is 0 Å². The minimum Gasteiger partial charge on any atom is -0.372 e. The normalized spacial score (nSPS) is 17.1. The van der Waals surface area contributed by atoms with Crippen molar-refractivity contribution in [2.75, 3.05) is 11.9 Å². The fraction of sp³-hybridized carbons (Fsp3) is 0.348. The Morgan fingerprint density at radius 1 is 1.06 bits per heavy atom. The molecule has 0 radical (unpaired) electrons. The van der Waals surface area contributed by atoms with Gasteiger partial charge in [0.15, 0.2) is 0 Å². The van der Waals surface area contributed by atoms with Crippen molar-refractivity contribution < 1.29 is 32.7 Å². The minimum absolute atomic E-state index is 0.150. The van der Waals surface area contributed by atoms with Gasteiger partial charge in [-0.05, 0) is 23.6 Å². The average molecular weight is 463 g/mol. The van der Waals surface area contributed by atoms with E-state index < -0.39 is 54.9 Å². The Kier molecular flexibility index (Phi) is 6.78. The van der Waals surface area contributed by atoms with Gasteiger partial charge in [-0.3, -0.25) is 14.4 Å². The number of nitrogens with zero attached hydrogens (tertiary/aromatic N) is 1. The molecule has 0 fully saturated rings. The highest BCUT2D eigenvalue weighted by Crippen LogP contribution is 2.40. The number of carbonyl (C=O) groups is 3. The molecule has 10 heteroatoms. The Morgan fingerprint density at radius 3 is 2.27 bits per heavy atom. The Hall–Kier alpha value is -3.40. The maximum Gasteiger partial charge on any atom is 0.390 e. The number of anilines is 1. The van der Waals surface area contributed by atoms with Crippen LogP contribution in [0.4, 0.5) is 18.9 Å². The number of nitrogens with one attached hydrogen (secondary N) is 1. The molecule has 1 aliphatic heterocycles. The van der Waals surface area contributed by atoms with Gasteiger partial charge in [-0.15, -0.1) is 0 Å². The second-order valence-corrected chi connectivity index (χ2v) is 7.86. The highest BCUT2D eigenvalue weighted by Gasteiger charge is 2.49. The summed E-state index contributed by atoms with van der Waals surface area (Å²) in [6, 6.07) is 11.7. The topological polar surface area (TPSA) is 113 Å². The van der Waals surface area contributed by atoms with Crippen LogP contribution in [0.2, 0.25) is 0 Å². The van der Waals surface area contributed by atoms with E-state index in [1.54, 1.807) is 49.4 Å². The molecule has 0 saturated heterocycles. The highest BCUT2D eigenvalue weighted by molar-refractivity contribution is 6.10. The Bertz CT molecular complexity index is 1070. The number of amides is 3. The van der Waals surface area contributed by atoms with E-state index >= 15 is 0 Å². The van der Waals surface area contributed by atoms with Crippen molar-refractivity contribution in [3.63, 3.8) is 0 Å². The van der Waals surface area contributed by atoms with Crippen LogP contribution < -0.4 is 11.1 Å². The Labute approximate surface area is 188 Å². The van der Waals surface area contributed by atoms with Crippen LogP contribution in [0.25, 0.3) is 11.1 Å². The molecule has 2 aromatic rings. The van der Waals surface area contributed by atoms with Crippen LogP contribution >= 0.6 is 0 Å². The van der Waals surface area contributed by atoms with Gasteiger partial charge in [-0.2, -0.15) is 13.2 Å². The summed E-state index contributed by atoms with van der Waals surface area (Å²) in [4.78, 5) is 39.3. The van der Waals surface area contributed by atoms with Gasteiger partial charge in [0.2, 0.25) is 5.60 Å². The van der Waals surface area contributed by atoms with E-state index in [-0.39, 0.29) is 12.0 Å². The first-order chi connectivity index (χ1) is 15.5. The highest BCUT2D eigenvalue weighted by atomic mass is 19.4. The van der Waals surface area contributed by atoms with Crippen LogP contribution in [0.5, 0.6) is 0 Å². The molecule has 33 heavy (non-hydrogen) atoms. The zero-order chi connectivity index (χ0) is 24.4. The van der Waals surface area contributed by atoms with Gasteiger partial charge < -0.3 is 21.1 Å². The molecular weight excluding hydrogens is 439 g/mol. The maximum absolute atomic E-state index is 13.4. The molecule has 0 unspecified atom stereocenters. The lowest BCUT2D eigenvalue weighted by atomic mass is 9.91. The molecule has 7 nitrogen and oxygen atoms in total. The van der Waals surface area contributed by atoms with Crippen molar-refractivity contribution in [3.8, 4) is 11.1 Å². The monoisotopic (exact) mass is 463 g/mol. The largest absolute Gasteiger partial charge is 0.390 e. The van der Waals surface area contributed by atoms with Crippen LogP contribution in [0, 0.1) is 0 Å². The summed E-state index contributed by atoms with van der Waals surface area (Å²) in [6.45, 7) is 0.621. The number of halogens is 3. The molecule has 176 valence electrons. The third-order valence-corrected chi connectivity index (χ3v) is 5.56. The van der Waals surface area contributed by atoms with Crippen LogP contribution in [0.1, 0.15) is 37.8 Å². The molecule has 1 aliphatic rings. The van der Waals surface area contributed by atoms with Crippen molar-refractivity contribution in [1.82, 2.24) is 4.90 Å². The molecule has 0 bridgehead atoms. The number of hydrogen-bond acceptors (Lipinski definition) is 4. The van der Waals surface area contributed by atoms with Crippen molar-refractivity contribution in [2.24, 2.45) is 5.73 Å². The molecule has 3 rings (SSSR count). The van der Waals surface area contributed by atoms with Crippen LogP contribution in [-0.4, -0.2) is 46.1 Å². The number of primary amides is 1. The molecule has 2 atom stereocenters. The number of fused-ring (bicyclic) bond motifs is 3. The van der Waals surface area contributed by atoms with E-state index in [1.807, 2.05) is 0 Å². The van der Waals surface area contributed by atoms with Gasteiger partial charge >= 0.3 is 6.18 Å². The van der Waals surface area contributed by atoms with E-state index in [1.165, 1.54) is 6.07 Å². The molecule has 0 spiro atoms. The molecule has 2 aromatic carbocycles. The van der Waals surface area contributed by atoms with Crippen molar-refractivity contribution in [3.05, 3.63) is 54.1 Å². The Balaban J connectivity index is 2.18. The maximum atomic E-state index is 13.4. The van der Waals surface area contributed by atoms with Gasteiger partial charge in [-0.1, -0.05) is 55.8 Å². The number of benzene rings is 2. The summed E-state index contributed by atoms with van der Waals surface area (Å²) in [5.74, 6) is -3.51. The SMILES string of the molecule is CCC[C@@](O)(C(N)=O)C(=O)N(CCC(F)(F)F)[C@@H]1C(=O)Nc2ccccc2-c2ccccc21. The number of carbonyl (C=O) groups excluding carboxylic acids is 3. The molecule has 4 N–H and O–H groups in total. The summed E-state index contributed by atoms with van der Waals surface area (Å²) < 4.78 is 39.4. The van der Waals surface area contributed by atoms with E-state index in [0.29, 0.717) is 21.7 Å². The third kappa shape index (κ3) is 4.85. The summed E-state index contributed by atoms with van der Waals surface area (Å²) in [5.41, 5.74) is 4.34. The molecule has 0 aromatic heterocycles. The van der Waals surface area contributed by atoms with Crippen LogP contribution in [0.15, 0.2) is 48.5 Å². The molecule has 3 amide bonds. The summed E-state index contributed by atoms with van der Waals surface area (Å²) >= 11 is 0. The van der Waals surface area contributed by atoms with Crippen molar-refractivity contribution >= 4 is 23.4 Å².